The summed E-state index contributed by atoms with van der Waals surface area (Å²) in [6, 6.07) is 5.84. The minimum absolute atomic E-state index is 0.00734. The SMILES string of the molecule is CNCC(=O)N1CCC[C@H]1c1cc(Nc2ncccc2C)nc(C)n1. The van der Waals surface area contributed by atoms with Crippen LogP contribution in [0.3, 0.4) is 0 Å². The summed E-state index contributed by atoms with van der Waals surface area (Å²) < 4.78 is 0. The molecule has 3 heterocycles. The second-order valence-corrected chi connectivity index (χ2v) is 6.29. The molecule has 1 saturated heterocycles. The average molecular weight is 340 g/mol. The molecule has 1 aliphatic rings. The zero-order valence-electron chi connectivity index (χ0n) is 14.9. The van der Waals surface area contributed by atoms with Gasteiger partial charge in [-0.25, -0.2) is 15.0 Å². The van der Waals surface area contributed by atoms with Gasteiger partial charge in [0.15, 0.2) is 0 Å². The standard InChI is InChI=1S/C18H24N6O/c1-12-6-4-8-20-18(12)23-16-10-14(21-13(2)22-16)15-7-5-9-24(15)17(25)11-19-3/h4,6,8,10,15,19H,5,7,9,11H2,1-3H3,(H,20,21,22,23)/t15-/m0/s1. The highest BCUT2D eigenvalue weighted by Crippen LogP contribution is 2.32. The summed E-state index contributed by atoms with van der Waals surface area (Å²) in [5, 5.41) is 6.20. The first-order valence-corrected chi connectivity index (χ1v) is 8.57. The number of rotatable bonds is 5. The number of likely N-dealkylation sites (N-methyl/N-ethyl adjacent to an activating group) is 1. The molecular formula is C18H24N6O. The maximum absolute atomic E-state index is 12.3. The van der Waals surface area contributed by atoms with E-state index in [1.54, 1.807) is 13.2 Å². The maximum atomic E-state index is 12.3. The monoisotopic (exact) mass is 340 g/mol. The van der Waals surface area contributed by atoms with Gasteiger partial charge in [0.2, 0.25) is 5.91 Å². The van der Waals surface area contributed by atoms with Gasteiger partial charge in [-0.15, -0.1) is 0 Å². The Kier molecular flexibility index (Phi) is 5.23. The van der Waals surface area contributed by atoms with Crippen molar-refractivity contribution in [1.29, 1.82) is 0 Å². The highest BCUT2D eigenvalue weighted by atomic mass is 16.2. The van der Waals surface area contributed by atoms with Crippen LogP contribution in [0.4, 0.5) is 11.6 Å². The zero-order valence-corrected chi connectivity index (χ0v) is 14.9. The fraction of sp³-hybridized carbons (Fsp3) is 0.444. The van der Waals surface area contributed by atoms with Crippen LogP contribution in [0.2, 0.25) is 0 Å². The molecule has 0 unspecified atom stereocenters. The lowest BCUT2D eigenvalue weighted by atomic mass is 10.1. The van der Waals surface area contributed by atoms with E-state index in [1.165, 1.54) is 0 Å². The number of hydrogen-bond acceptors (Lipinski definition) is 6. The second kappa shape index (κ2) is 7.57. The largest absolute Gasteiger partial charge is 0.333 e. The van der Waals surface area contributed by atoms with E-state index in [0.717, 1.165) is 36.5 Å². The number of carbonyl (C=O) groups is 1. The van der Waals surface area contributed by atoms with E-state index in [-0.39, 0.29) is 11.9 Å². The highest BCUT2D eigenvalue weighted by molar-refractivity contribution is 5.79. The third-order valence-electron chi connectivity index (χ3n) is 4.36. The van der Waals surface area contributed by atoms with Crippen molar-refractivity contribution in [2.24, 2.45) is 0 Å². The summed E-state index contributed by atoms with van der Waals surface area (Å²) in [5.41, 5.74) is 1.93. The maximum Gasteiger partial charge on any atom is 0.237 e. The minimum atomic E-state index is 0.00734. The van der Waals surface area contributed by atoms with E-state index in [1.807, 2.05) is 36.9 Å². The van der Waals surface area contributed by atoms with E-state index in [2.05, 4.69) is 25.6 Å². The van der Waals surface area contributed by atoms with E-state index in [4.69, 9.17) is 0 Å². The minimum Gasteiger partial charge on any atom is -0.333 e. The lowest BCUT2D eigenvalue weighted by molar-refractivity contribution is -0.131. The van der Waals surface area contributed by atoms with Gasteiger partial charge in [0.05, 0.1) is 18.3 Å². The number of amides is 1. The van der Waals surface area contributed by atoms with Crippen LogP contribution in [0.5, 0.6) is 0 Å². The van der Waals surface area contributed by atoms with E-state index < -0.39 is 0 Å². The first-order chi connectivity index (χ1) is 12.1. The lowest BCUT2D eigenvalue weighted by Gasteiger charge is -2.24. The second-order valence-electron chi connectivity index (χ2n) is 6.29. The first-order valence-electron chi connectivity index (χ1n) is 8.57. The summed E-state index contributed by atoms with van der Waals surface area (Å²) >= 11 is 0. The van der Waals surface area contributed by atoms with Crippen molar-refractivity contribution >= 4 is 17.5 Å². The summed E-state index contributed by atoms with van der Waals surface area (Å²) in [6.45, 7) is 4.99. The van der Waals surface area contributed by atoms with Crippen LogP contribution in [0.25, 0.3) is 0 Å². The van der Waals surface area contributed by atoms with Crippen LogP contribution in [-0.2, 0) is 4.79 Å². The molecule has 132 valence electrons. The molecule has 25 heavy (non-hydrogen) atoms. The number of nitrogens with zero attached hydrogens (tertiary/aromatic N) is 4. The Balaban J connectivity index is 1.86. The molecule has 0 spiro atoms. The molecule has 7 heteroatoms. The highest BCUT2D eigenvalue weighted by Gasteiger charge is 2.31. The van der Waals surface area contributed by atoms with Gasteiger partial charge >= 0.3 is 0 Å². The Morgan fingerprint density at radius 2 is 2.20 bits per heavy atom. The zero-order chi connectivity index (χ0) is 17.8. The van der Waals surface area contributed by atoms with Crippen molar-refractivity contribution in [3.63, 3.8) is 0 Å². The number of nitrogens with one attached hydrogen (secondary N) is 2. The number of aryl methyl sites for hydroxylation is 2. The number of anilines is 2. The molecule has 3 rings (SSSR count). The third-order valence-corrected chi connectivity index (χ3v) is 4.36. The van der Waals surface area contributed by atoms with Gasteiger partial charge in [-0.05, 0) is 45.4 Å². The topological polar surface area (TPSA) is 83.0 Å². The predicted octanol–water partition coefficient (Wildman–Crippen LogP) is 2.11. The van der Waals surface area contributed by atoms with Crippen LogP contribution in [0, 0.1) is 13.8 Å². The van der Waals surface area contributed by atoms with Gasteiger partial charge in [-0.3, -0.25) is 4.79 Å². The Morgan fingerprint density at radius 1 is 1.36 bits per heavy atom. The molecule has 1 aliphatic heterocycles. The van der Waals surface area contributed by atoms with Gasteiger partial charge in [-0.2, -0.15) is 0 Å². The molecule has 0 saturated carbocycles. The van der Waals surface area contributed by atoms with Gasteiger partial charge in [-0.1, -0.05) is 6.07 Å². The molecule has 0 bridgehead atoms. The number of likely N-dealkylation sites (tertiary alicyclic amines) is 1. The molecule has 0 aromatic carbocycles. The summed E-state index contributed by atoms with van der Waals surface area (Å²) in [4.78, 5) is 27.7. The molecule has 2 aromatic rings. The van der Waals surface area contributed by atoms with Gasteiger partial charge in [0.25, 0.3) is 0 Å². The van der Waals surface area contributed by atoms with Gasteiger partial charge < -0.3 is 15.5 Å². The Hall–Kier alpha value is -2.54. The first kappa shape index (κ1) is 17.3. The van der Waals surface area contributed by atoms with E-state index >= 15 is 0 Å². The van der Waals surface area contributed by atoms with Crippen LogP contribution >= 0.6 is 0 Å². The molecule has 0 radical (unpaired) electrons. The molecule has 7 nitrogen and oxygen atoms in total. The van der Waals surface area contributed by atoms with Crippen molar-refractivity contribution in [1.82, 2.24) is 25.2 Å². The third kappa shape index (κ3) is 3.93. The summed E-state index contributed by atoms with van der Waals surface area (Å²) in [5.74, 6) is 2.27. The molecule has 2 N–H and O–H groups in total. The van der Waals surface area contributed by atoms with Crippen LogP contribution < -0.4 is 10.6 Å². The number of pyridine rings is 1. The molecule has 1 amide bonds. The van der Waals surface area contributed by atoms with Crippen molar-refractivity contribution in [2.45, 2.75) is 32.7 Å². The summed E-state index contributed by atoms with van der Waals surface area (Å²) in [6.07, 6.45) is 3.67. The quantitative estimate of drug-likeness (QED) is 0.867. The predicted molar refractivity (Wildman–Crippen MR) is 96.6 cm³/mol. The van der Waals surface area contributed by atoms with Crippen LogP contribution in [-0.4, -0.2) is 45.9 Å². The normalized spacial score (nSPS) is 16.9. The summed E-state index contributed by atoms with van der Waals surface area (Å²) in [7, 11) is 1.79. The van der Waals surface area contributed by atoms with Crippen molar-refractivity contribution in [3.05, 3.63) is 41.5 Å². The van der Waals surface area contributed by atoms with Crippen molar-refractivity contribution in [2.75, 3.05) is 25.5 Å². The van der Waals surface area contributed by atoms with Crippen molar-refractivity contribution < 1.29 is 4.79 Å². The van der Waals surface area contributed by atoms with E-state index in [9.17, 15) is 4.79 Å². The van der Waals surface area contributed by atoms with Crippen LogP contribution in [0.1, 0.15) is 36.0 Å². The molecule has 0 aliphatic carbocycles. The Bertz CT molecular complexity index is 763. The fourth-order valence-electron chi connectivity index (χ4n) is 3.19. The van der Waals surface area contributed by atoms with Crippen LogP contribution in [0.15, 0.2) is 24.4 Å². The van der Waals surface area contributed by atoms with Crippen molar-refractivity contribution in [3.8, 4) is 0 Å². The molecule has 2 aromatic heterocycles. The van der Waals surface area contributed by atoms with Gasteiger partial charge in [0.1, 0.15) is 17.5 Å². The Labute approximate surface area is 147 Å². The molecular weight excluding hydrogens is 316 g/mol. The molecule has 1 atom stereocenters. The number of hydrogen-bond donors (Lipinski definition) is 2. The van der Waals surface area contributed by atoms with Gasteiger partial charge in [0, 0.05) is 18.8 Å². The van der Waals surface area contributed by atoms with E-state index in [0.29, 0.717) is 18.2 Å². The molecule has 1 fully saturated rings. The number of aromatic nitrogens is 3. The average Bonchev–Trinajstić information content (AvgIpc) is 3.06. The number of carbonyl (C=O) groups excluding carboxylic acids is 1. The fourth-order valence-corrected chi connectivity index (χ4v) is 3.19. The lowest BCUT2D eigenvalue weighted by Crippen LogP contribution is -2.37. The smallest absolute Gasteiger partial charge is 0.237 e. The Morgan fingerprint density at radius 3 is 2.96 bits per heavy atom.